The van der Waals surface area contributed by atoms with E-state index in [9.17, 15) is 15.2 Å². The molecule has 0 unspecified atom stereocenters. The van der Waals surface area contributed by atoms with Crippen LogP contribution in [0.2, 0.25) is 0 Å². The summed E-state index contributed by atoms with van der Waals surface area (Å²) in [6.07, 6.45) is 0. The molecule has 4 aromatic rings. The first-order chi connectivity index (χ1) is 12.1. The monoisotopic (exact) mass is 336 g/mol. The average molecular weight is 336 g/mol. The number of ether oxygens (including phenoxy) is 1. The van der Waals surface area contributed by atoms with E-state index < -0.39 is 5.56 Å². The molecule has 0 saturated carbocycles. The Hall–Kier alpha value is -3.68. The molecule has 0 radical (unpaired) electrons. The number of benzene rings is 2. The van der Waals surface area contributed by atoms with E-state index in [2.05, 4.69) is 9.97 Å². The van der Waals surface area contributed by atoms with Crippen molar-refractivity contribution in [3.63, 3.8) is 0 Å². The fraction of sp³-hybridized carbons (Fsp3) is 0.0588. The molecule has 25 heavy (non-hydrogen) atoms. The van der Waals surface area contributed by atoms with Crippen LogP contribution < -0.4 is 19.8 Å². The molecule has 2 aromatic carbocycles. The van der Waals surface area contributed by atoms with E-state index in [4.69, 9.17) is 4.74 Å². The van der Waals surface area contributed by atoms with Gasteiger partial charge in [0.2, 0.25) is 5.52 Å². The molecular formula is C17H12N4O4. The first-order valence-corrected chi connectivity index (χ1v) is 7.42. The van der Waals surface area contributed by atoms with Crippen molar-refractivity contribution in [1.29, 1.82) is 0 Å². The quantitative estimate of drug-likeness (QED) is 0.334. The summed E-state index contributed by atoms with van der Waals surface area (Å²) in [5.41, 5.74) is -0.404. The number of methoxy groups -OCH3 is 1. The van der Waals surface area contributed by atoms with Gasteiger partial charge < -0.3 is 15.2 Å². The summed E-state index contributed by atoms with van der Waals surface area (Å²) in [7, 11) is 1.55. The summed E-state index contributed by atoms with van der Waals surface area (Å²) in [6, 6.07) is 13.1. The molecule has 0 aliphatic heterocycles. The molecule has 4 rings (SSSR count). The maximum atomic E-state index is 12.6. The van der Waals surface area contributed by atoms with Crippen LogP contribution in [0.1, 0.15) is 0 Å². The Kier molecular flexibility index (Phi) is 3.24. The lowest BCUT2D eigenvalue weighted by Crippen LogP contribution is -2.43. The van der Waals surface area contributed by atoms with Crippen molar-refractivity contribution in [2.45, 2.75) is 0 Å². The third-order valence-corrected chi connectivity index (χ3v) is 3.95. The smallest absolute Gasteiger partial charge is 0.409 e. The minimum Gasteiger partial charge on any atom is -0.710 e. The number of aromatic nitrogens is 4. The Morgan fingerprint density at radius 3 is 2.28 bits per heavy atom. The number of nitrogens with one attached hydrogen (secondary N) is 1. The summed E-state index contributed by atoms with van der Waals surface area (Å²) in [4.78, 5) is 19.2. The van der Waals surface area contributed by atoms with Crippen LogP contribution in [0.4, 0.5) is 0 Å². The Morgan fingerprint density at radius 2 is 1.64 bits per heavy atom. The number of para-hydroxylation sites is 2. The van der Waals surface area contributed by atoms with Gasteiger partial charge >= 0.3 is 16.7 Å². The van der Waals surface area contributed by atoms with Crippen molar-refractivity contribution in [2.24, 2.45) is 0 Å². The highest BCUT2D eigenvalue weighted by molar-refractivity contribution is 5.75. The molecule has 0 aliphatic carbocycles. The van der Waals surface area contributed by atoms with Gasteiger partial charge in [-0.1, -0.05) is 12.1 Å². The summed E-state index contributed by atoms with van der Waals surface area (Å²) >= 11 is 0. The third kappa shape index (κ3) is 2.23. The standard InChI is InChI=1S/C17H12N4O4/c1-25-11-8-6-10(7-9-11)15-18-16-14(17(22)19-15)20(23)12-4-2-3-5-13(12)21(16)24/h2-9H,1H3,(H,18,19,22). The molecule has 8 heteroatoms. The molecule has 124 valence electrons. The van der Waals surface area contributed by atoms with E-state index in [1.807, 2.05) is 0 Å². The van der Waals surface area contributed by atoms with E-state index >= 15 is 0 Å². The van der Waals surface area contributed by atoms with Gasteiger partial charge in [0.1, 0.15) is 5.75 Å². The molecule has 0 amide bonds. The van der Waals surface area contributed by atoms with Gasteiger partial charge in [0, 0.05) is 11.6 Å². The van der Waals surface area contributed by atoms with Crippen LogP contribution in [0, 0.1) is 10.4 Å². The largest absolute Gasteiger partial charge is 0.710 e. The zero-order valence-corrected chi connectivity index (χ0v) is 13.1. The normalized spacial score (nSPS) is 11.1. The van der Waals surface area contributed by atoms with E-state index in [0.29, 0.717) is 20.8 Å². The number of fused-ring (bicyclic) bond motifs is 2. The minimum absolute atomic E-state index is 0.106. The number of nitrogens with zero attached hydrogens (tertiary/aromatic N) is 3. The molecule has 0 fully saturated rings. The molecular weight excluding hydrogens is 324 g/mol. The fourth-order valence-corrected chi connectivity index (χ4v) is 2.71. The van der Waals surface area contributed by atoms with Crippen LogP contribution in [0.25, 0.3) is 33.6 Å². The molecule has 0 saturated heterocycles. The van der Waals surface area contributed by atoms with Crippen LogP contribution in [0.5, 0.6) is 5.75 Å². The molecule has 1 N–H and O–H groups in total. The van der Waals surface area contributed by atoms with Crippen LogP contribution in [-0.2, 0) is 0 Å². The van der Waals surface area contributed by atoms with Crippen LogP contribution in [-0.4, -0.2) is 17.1 Å². The van der Waals surface area contributed by atoms with Crippen molar-refractivity contribution in [2.75, 3.05) is 7.11 Å². The predicted molar refractivity (Wildman–Crippen MR) is 89.8 cm³/mol. The zero-order valence-electron chi connectivity index (χ0n) is 13.1. The summed E-state index contributed by atoms with van der Waals surface area (Å²) in [6.45, 7) is 0. The first kappa shape index (κ1) is 14.9. The van der Waals surface area contributed by atoms with E-state index in [1.165, 1.54) is 12.1 Å². The number of H-pyrrole nitrogens is 1. The van der Waals surface area contributed by atoms with E-state index in [1.54, 1.807) is 43.5 Å². The van der Waals surface area contributed by atoms with E-state index in [0.717, 1.165) is 0 Å². The topological polar surface area (TPSA) is 109 Å². The highest BCUT2D eigenvalue weighted by Crippen LogP contribution is 2.19. The molecule has 2 heterocycles. The van der Waals surface area contributed by atoms with E-state index in [-0.39, 0.29) is 28.0 Å². The second-order valence-electron chi connectivity index (χ2n) is 5.39. The Balaban J connectivity index is 2.05. The molecule has 0 aliphatic rings. The number of rotatable bonds is 2. The maximum Gasteiger partial charge on any atom is 0.409 e. The number of hydrogen-bond acceptors (Lipinski definition) is 5. The Bertz CT molecular complexity index is 1170. The minimum atomic E-state index is -0.679. The second kappa shape index (κ2) is 5.45. The number of hydrogen-bond donors (Lipinski definition) is 1. The van der Waals surface area contributed by atoms with Gasteiger partial charge in [0.05, 0.1) is 7.11 Å². The van der Waals surface area contributed by atoms with Crippen molar-refractivity contribution in [1.82, 2.24) is 9.97 Å². The molecule has 0 atom stereocenters. The fourth-order valence-electron chi connectivity index (χ4n) is 2.71. The lowest BCUT2D eigenvalue weighted by molar-refractivity contribution is -0.593. The van der Waals surface area contributed by atoms with Gasteiger partial charge in [-0.25, -0.2) is 4.73 Å². The van der Waals surface area contributed by atoms with Crippen molar-refractivity contribution >= 4 is 22.2 Å². The summed E-state index contributed by atoms with van der Waals surface area (Å²) in [5.74, 6) is 0.842. The van der Waals surface area contributed by atoms with Crippen molar-refractivity contribution in [3.05, 3.63) is 69.3 Å². The molecule has 2 aromatic heterocycles. The maximum absolute atomic E-state index is 12.6. The highest BCUT2D eigenvalue weighted by Gasteiger charge is 2.26. The number of aromatic amines is 1. The average Bonchev–Trinajstić information content (AvgIpc) is 2.65. The van der Waals surface area contributed by atoms with Crippen molar-refractivity contribution < 1.29 is 14.2 Å². The summed E-state index contributed by atoms with van der Waals surface area (Å²) < 4.78 is 6.03. The van der Waals surface area contributed by atoms with Crippen LogP contribution in [0.3, 0.4) is 0 Å². The molecule has 0 spiro atoms. The predicted octanol–water partition coefficient (Wildman–Crippen LogP) is 1.02. The zero-order chi connectivity index (χ0) is 17.6. The van der Waals surface area contributed by atoms with Crippen molar-refractivity contribution in [3.8, 4) is 17.1 Å². The molecule has 8 nitrogen and oxygen atoms in total. The third-order valence-electron chi connectivity index (χ3n) is 3.95. The first-order valence-electron chi connectivity index (χ1n) is 7.42. The van der Waals surface area contributed by atoms with Gasteiger partial charge in [-0.05, 0) is 35.3 Å². The SMILES string of the molecule is COc1ccc(-c2nc3c(c(=O)[nH]2)[n+]([O-])c2ccccc2[n+]3[O-])cc1. The molecule has 0 bridgehead atoms. The Morgan fingerprint density at radius 1 is 1.00 bits per heavy atom. The lowest BCUT2D eigenvalue weighted by Gasteiger charge is -2.09. The van der Waals surface area contributed by atoms with Gasteiger partial charge in [-0.15, -0.1) is 4.73 Å². The van der Waals surface area contributed by atoms with Crippen LogP contribution in [0.15, 0.2) is 53.3 Å². The van der Waals surface area contributed by atoms with Gasteiger partial charge in [0.15, 0.2) is 0 Å². The highest BCUT2D eigenvalue weighted by atomic mass is 16.5. The Labute approximate surface area is 140 Å². The van der Waals surface area contributed by atoms with Gasteiger partial charge in [0.25, 0.3) is 11.3 Å². The summed E-state index contributed by atoms with van der Waals surface area (Å²) in [5, 5.41) is 25.1. The van der Waals surface area contributed by atoms with Gasteiger partial charge in [-0.3, -0.25) is 9.78 Å². The second-order valence-corrected chi connectivity index (χ2v) is 5.39. The van der Waals surface area contributed by atoms with Gasteiger partial charge in [-0.2, -0.15) is 0 Å². The lowest BCUT2D eigenvalue weighted by atomic mass is 10.2. The van der Waals surface area contributed by atoms with Crippen LogP contribution >= 0.6 is 0 Å².